The average Bonchev–Trinajstić information content (AvgIpc) is 2.34. The van der Waals surface area contributed by atoms with Gasteiger partial charge in [-0.2, -0.15) is 0 Å². The summed E-state index contributed by atoms with van der Waals surface area (Å²) >= 11 is 0. The van der Waals surface area contributed by atoms with Gasteiger partial charge in [0.15, 0.2) is 0 Å². The van der Waals surface area contributed by atoms with Crippen LogP contribution in [-0.4, -0.2) is 79.9 Å². The van der Waals surface area contributed by atoms with Crippen molar-refractivity contribution in [1.29, 1.82) is 0 Å². The number of carbonyl (C=O) groups is 1. The van der Waals surface area contributed by atoms with Crippen molar-refractivity contribution < 1.29 is 14.6 Å². The minimum absolute atomic E-state index is 0.184. The number of rotatable bonds is 8. The van der Waals surface area contributed by atoms with Crippen molar-refractivity contribution in [3.05, 3.63) is 0 Å². The highest BCUT2D eigenvalue weighted by Gasteiger charge is 2.12. The standard InChI is InChI=1S/C11H23N3O3/c12-2-4-13(3-1-11(15)16)5-6-14-7-9-17-10-8-14/h1-10,12H2,(H,15,16). The van der Waals surface area contributed by atoms with Crippen molar-refractivity contribution >= 4 is 5.97 Å². The molecule has 0 bridgehead atoms. The normalized spacial score (nSPS) is 17.5. The molecule has 0 aromatic carbocycles. The van der Waals surface area contributed by atoms with Crippen LogP contribution >= 0.6 is 0 Å². The molecule has 0 aliphatic carbocycles. The van der Waals surface area contributed by atoms with E-state index in [1.807, 2.05) is 0 Å². The number of aliphatic carboxylic acids is 1. The van der Waals surface area contributed by atoms with E-state index in [0.717, 1.165) is 45.9 Å². The topological polar surface area (TPSA) is 79.0 Å². The molecule has 0 aromatic rings. The maximum Gasteiger partial charge on any atom is 0.304 e. The van der Waals surface area contributed by atoms with Crippen LogP contribution in [0.1, 0.15) is 6.42 Å². The fourth-order valence-electron chi connectivity index (χ4n) is 1.88. The third kappa shape index (κ3) is 6.58. The molecule has 1 fully saturated rings. The monoisotopic (exact) mass is 245 g/mol. The van der Waals surface area contributed by atoms with Crippen molar-refractivity contribution in [2.45, 2.75) is 6.42 Å². The van der Waals surface area contributed by atoms with Crippen molar-refractivity contribution in [3.8, 4) is 0 Å². The van der Waals surface area contributed by atoms with Gasteiger partial charge in [-0.05, 0) is 0 Å². The van der Waals surface area contributed by atoms with E-state index in [2.05, 4.69) is 9.80 Å². The highest BCUT2D eigenvalue weighted by molar-refractivity contribution is 5.66. The second-order valence-corrected chi connectivity index (χ2v) is 4.23. The highest BCUT2D eigenvalue weighted by atomic mass is 16.5. The highest BCUT2D eigenvalue weighted by Crippen LogP contribution is 1.98. The molecule has 0 unspecified atom stereocenters. The summed E-state index contributed by atoms with van der Waals surface area (Å²) in [6.45, 7) is 7.29. The van der Waals surface area contributed by atoms with Gasteiger partial charge in [-0.3, -0.25) is 9.69 Å². The maximum atomic E-state index is 10.5. The molecule has 1 saturated heterocycles. The van der Waals surface area contributed by atoms with E-state index in [9.17, 15) is 4.79 Å². The van der Waals surface area contributed by atoms with Gasteiger partial charge in [0.05, 0.1) is 19.6 Å². The molecular weight excluding hydrogens is 222 g/mol. The van der Waals surface area contributed by atoms with Crippen LogP contribution in [0.5, 0.6) is 0 Å². The lowest BCUT2D eigenvalue weighted by atomic mass is 10.3. The summed E-state index contributed by atoms with van der Waals surface area (Å²) in [6, 6.07) is 0. The first kappa shape index (κ1) is 14.4. The van der Waals surface area contributed by atoms with E-state index in [0.29, 0.717) is 13.1 Å². The summed E-state index contributed by atoms with van der Waals surface area (Å²) in [6.07, 6.45) is 0.184. The third-order valence-electron chi connectivity index (χ3n) is 2.92. The summed E-state index contributed by atoms with van der Waals surface area (Å²) in [5, 5.41) is 8.66. The second kappa shape index (κ2) is 8.41. The predicted octanol–water partition coefficient (Wildman–Crippen LogP) is -0.946. The fraction of sp³-hybridized carbons (Fsp3) is 0.909. The molecule has 0 radical (unpaired) electrons. The molecule has 1 aliphatic heterocycles. The van der Waals surface area contributed by atoms with Gasteiger partial charge in [-0.15, -0.1) is 0 Å². The Morgan fingerprint density at radius 2 is 2.00 bits per heavy atom. The van der Waals surface area contributed by atoms with E-state index in [1.54, 1.807) is 0 Å². The first-order valence-electron chi connectivity index (χ1n) is 6.16. The molecule has 0 spiro atoms. The smallest absolute Gasteiger partial charge is 0.304 e. The Morgan fingerprint density at radius 1 is 1.29 bits per heavy atom. The molecule has 0 amide bonds. The van der Waals surface area contributed by atoms with Crippen LogP contribution < -0.4 is 5.73 Å². The molecule has 1 heterocycles. The minimum atomic E-state index is -0.751. The number of nitrogens with zero attached hydrogens (tertiary/aromatic N) is 2. The molecule has 0 aromatic heterocycles. The number of hydrogen-bond acceptors (Lipinski definition) is 5. The largest absolute Gasteiger partial charge is 0.481 e. The van der Waals surface area contributed by atoms with Crippen LogP contribution in [0.2, 0.25) is 0 Å². The van der Waals surface area contributed by atoms with Gasteiger partial charge in [0.2, 0.25) is 0 Å². The lowest BCUT2D eigenvalue weighted by Crippen LogP contribution is -2.43. The summed E-state index contributed by atoms with van der Waals surface area (Å²) in [4.78, 5) is 15.0. The Kier molecular flexibility index (Phi) is 7.11. The first-order valence-corrected chi connectivity index (χ1v) is 6.16. The van der Waals surface area contributed by atoms with E-state index < -0.39 is 5.97 Å². The molecule has 17 heavy (non-hydrogen) atoms. The summed E-state index contributed by atoms with van der Waals surface area (Å²) in [5.41, 5.74) is 5.52. The van der Waals surface area contributed by atoms with Gasteiger partial charge in [0.1, 0.15) is 0 Å². The van der Waals surface area contributed by atoms with Crippen LogP contribution in [0.3, 0.4) is 0 Å². The Balaban J connectivity index is 2.19. The second-order valence-electron chi connectivity index (χ2n) is 4.23. The zero-order valence-electron chi connectivity index (χ0n) is 10.3. The zero-order valence-corrected chi connectivity index (χ0v) is 10.3. The first-order chi connectivity index (χ1) is 8.22. The van der Waals surface area contributed by atoms with Crippen LogP contribution in [-0.2, 0) is 9.53 Å². The molecule has 6 nitrogen and oxygen atoms in total. The number of nitrogens with two attached hydrogens (primary N) is 1. The predicted molar refractivity (Wildman–Crippen MR) is 65.0 cm³/mol. The van der Waals surface area contributed by atoms with E-state index >= 15 is 0 Å². The molecule has 0 saturated carbocycles. The maximum absolute atomic E-state index is 10.5. The average molecular weight is 245 g/mol. The third-order valence-corrected chi connectivity index (χ3v) is 2.92. The van der Waals surface area contributed by atoms with Crippen molar-refractivity contribution in [1.82, 2.24) is 9.80 Å². The van der Waals surface area contributed by atoms with E-state index in [4.69, 9.17) is 15.6 Å². The van der Waals surface area contributed by atoms with E-state index in [1.165, 1.54) is 0 Å². The molecular formula is C11H23N3O3. The van der Waals surface area contributed by atoms with Gasteiger partial charge < -0.3 is 20.5 Å². The minimum Gasteiger partial charge on any atom is -0.481 e. The van der Waals surface area contributed by atoms with Crippen molar-refractivity contribution in [3.63, 3.8) is 0 Å². The van der Waals surface area contributed by atoms with Gasteiger partial charge in [0.25, 0.3) is 0 Å². The fourth-order valence-corrected chi connectivity index (χ4v) is 1.88. The molecule has 0 atom stereocenters. The Hall–Kier alpha value is -0.690. The van der Waals surface area contributed by atoms with Gasteiger partial charge in [-0.1, -0.05) is 0 Å². The number of hydrogen-bond donors (Lipinski definition) is 2. The Labute approximate surface area is 102 Å². The van der Waals surface area contributed by atoms with Crippen molar-refractivity contribution in [2.24, 2.45) is 5.73 Å². The van der Waals surface area contributed by atoms with Crippen molar-refractivity contribution in [2.75, 3.05) is 59.0 Å². The quantitative estimate of drug-likeness (QED) is 0.574. The van der Waals surface area contributed by atoms with Gasteiger partial charge in [-0.25, -0.2) is 0 Å². The summed E-state index contributed by atoms with van der Waals surface area (Å²) in [5.74, 6) is -0.751. The summed E-state index contributed by atoms with van der Waals surface area (Å²) < 4.78 is 5.28. The zero-order chi connectivity index (χ0) is 12.5. The van der Waals surface area contributed by atoms with Gasteiger partial charge >= 0.3 is 5.97 Å². The summed E-state index contributed by atoms with van der Waals surface area (Å²) in [7, 11) is 0. The molecule has 1 rings (SSSR count). The lowest BCUT2D eigenvalue weighted by molar-refractivity contribution is -0.137. The van der Waals surface area contributed by atoms with Gasteiger partial charge in [0, 0.05) is 45.8 Å². The van der Waals surface area contributed by atoms with Crippen LogP contribution in [0.15, 0.2) is 0 Å². The molecule has 100 valence electrons. The SMILES string of the molecule is NCCN(CCC(=O)O)CCN1CCOCC1. The number of morpholine rings is 1. The van der Waals surface area contributed by atoms with E-state index in [-0.39, 0.29) is 6.42 Å². The lowest BCUT2D eigenvalue weighted by Gasteiger charge is -2.29. The van der Waals surface area contributed by atoms with Crippen LogP contribution in [0.4, 0.5) is 0 Å². The van der Waals surface area contributed by atoms with Crippen LogP contribution in [0.25, 0.3) is 0 Å². The molecule has 6 heteroatoms. The molecule has 3 N–H and O–H groups in total. The molecule has 1 aliphatic rings. The Bertz CT molecular complexity index is 220. The number of ether oxygens (including phenoxy) is 1. The number of carboxylic acids is 1. The van der Waals surface area contributed by atoms with Crippen LogP contribution in [0, 0.1) is 0 Å². The Morgan fingerprint density at radius 3 is 2.59 bits per heavy atom. The number of carboxylic acid groups (broad SMARTS) is 1.